The first-order valence-corrected chi connectivity index (χ1v) is 5.02. The van der Waals surface area contributed by atoms with Crippen LogP contribution in [0.3, 0.4) is 0 Å². The SMILES string of the molecule is Clc1ccc(C2=NCCC2)c(Cl)c1. The lowest BCUT2D eigenvalue weighted by Gasteiger charge is -2.03. The van der Waals surface area contributed by atoms with E-state index in [1.165, 1.54) is 0 Å². The number of hydrogen-bond donors (Lipinski definition) is 0. The molecule has 0 bridgehead atoms. The summed E-state index contributed by atoms with van der Waals surface area (Å²) >= 11 is 11.8. The van der Waals surface area contributed by atoms with Gasteiger partial charge in [0.25, 0.3) is 0 Å². The van der Waals surface area contributed by atoms with Gasteiger partial charge in [0.1, 0.15) is 0 Å². The van der Waals surface area contributed by atoms with Gasteiger partial charge in [0.15, 0.2) is 0 Å². The quantitative estimate of drug-likeness (QED) is 0.677. The number of rotatable bonds is 1. The maximum absolute atomic E-state index is 6.04. The molecule has 1 heterocycles. The summed E-state index contributed by atoms with van der Waals surface area (Å²) < 4.78 is 0. The van der Waals surface area contributed by atoms with Gasteiger partial charge >= 0.3 is 0 Å². The molecule has 0 fully saturated rings. The number of benzene rings is 1. The fourth-order valence-electron chi connectivity index (χ4n) is 1.48. The lowest BCUT2D eigenvalue weighted by molar-refractivity contribution is 0.951. The van der Waals surface area contributed by atoms with Crippen LogP contribution in [0.25, 0.3) is 0 Å². The first-order valence-electron chi connectivity index (χ1n) is 4.26. The Balaban J connectivity index is 2.40. The summed E-state index contributed by atoms with van der Waals surface area (Å²) in [4.78, 5) is 4.39. The minimum Gasteiger partial charge on any atom is -0.289 e. The standard InChI is InChI=1S/C10H9Cl2N/c11-7-3-4-8(9(12)6-7)10-2-1-5-13-10/h3-4,6H,1-2,5H2. The van der Waals surface area contributed by atoms with Crippen LogP contribution < -0.4 is 0 Å². The second kappa shape index (κ2) is 3.69. The van der Waals surface area contributed by atoms with E-state index in [1.807, 2.05) is 12.1 Å². The average molecular weight is 214 g/mol. The summed E-state index contributed by atoms with van der Waals surface area (Å²) in [5.41, 5.74) is 2.14. The van der Waals surface area contributed by atoms with E-state index in [-0.39, 0.29) is 0 Å². The molecule has 0 aliphatic carbocycles. The van der Waals surface area contributed by atoms with Crippen molar-refractivity contribution in [1.29, 1.82) is 0 Å². The highest BCUT2D eigenvalue weighted by atomic mass is 35.5. The van der Waals surface area contributed by atoms with Crippen molar-refractivity contribution in [2.24, 2.45) is 4.99 Å². The second-order valence-corrected chi connectivity index (χ2v) is 3.90. The Bertz CT molecular complexity index is 358. The molecule has 0 saturated heterocycles. The zero-order chi connectivity index (χ0) is 9.26. The van der Waals surface area contributed by atoms with Gasteiger partial charge in [-0.1, -0.05) is 29.3 Å². The zero-order valence-electron chi connectivity index (χ0n) is 7.06. The van der Waals surface area contributed by atoms with Crippen LogP contribution in [0.5, 0.6) is 0 Å². The lowest BCUT2D eigenvalue weighted by atomic mass is 10.1. The van der Waals surface area contributed by atoms with Crippen molar-refractivity contribution in [2.75, 3.05) is 6.54 Å². The van der Waals surface area contributed by atoms with Crippen molar-refractivity contribution in [3.63, 3.8) is 0 Å². The maximum Gasteiger partial charge on any atom is 0.0511 e. The van der Waals surface area contributed by atoms with E-state index in [9.17, 15) is 0 Å². The number of aliphatic imine (C=N–C) groups is 1. The van der Waals surface area contributed by atoms with E-state index in [0.717, 1.165) is 30.7 Å². The topological polar surface area (TPSA) is 12.4 Å². The van der Waals surface area contributed by atoms with Crippen molar-refractivity contribution >= 4 is 28.9 Å². The summed E-state index contributed by atoms with van der Waals surface area (Å²) in [5.74, 6) is 0. The predicted octanol–water partition coefficient (Wildman–Crippen LogP) is 3.58. The largest absolute Gasteiger partial charge is 0.289 e. The van der Waals surface area contributed by atoms with Gasteiger partial charge in [-0.25, -0.2) is 0 Å². The molecule has 0 atom stereocenters. The molecule has 68 valence electrons. The molecule has 3 heteroatoms. The van der Waals surface area contributed by atoms with Crippen molar-refractivity contribution in [3.05, 3.63) is 33.8 Å². The number of nitrogens with zero attached hydrogens (tertiary/aromatic N) is 1. The molecule has 0 radical (unpaired) electrons. The first-order chi connectivity index (χ1) is 6.27. The van der Waals surface area contributed by atoms with Gasteiger partial charge in [0.2, 0.25) is 0 Å². The van der Waals surface area contributed by atoms with E-state index >= 15 is 0 Å². The molecule has 1 aromatic carbocycles. The van der Waals surface area contributed by atoms with Gasteiger partial charge in [0, 0.05) is 22.8 Å². The Morgan fingerprint density at radius 2 is 2.08 bits per heavy atom. The third-order valence-corrected chi connectivity index (χ3v) is 2.66. The van der Waals surface area contributed by atoms with Crippen LogP contribution in [0.2, 0.25) is 10.0 Å². The molecule has 0 saturated carbocycles. The minimum absolute atomic E-state index is 0.673. The highest BCUT2D eigenvalue weighted by Crippen LogP contribution is 2.24. The summed E-state index contributed by atoms with van der Waals surface area (Å²) in [6.07, 6.45) is 2.16. The first kappa shape index (κ1) is 9.04. The summed E-state index contributed by atoms with van der Waals surface area (Å²) in [5, 5.41) is 1.38. The molecule has 1 nitrogen and oxygen atoms in total. The maximum atomic E-state index is 6.04. The predicted molar refractivity (Wildman–Crippen MR) is 57.1 cm³/mol. The molecule has 0 N–H and O–H groups in total. The van der Waals surface area contributed by atoms with E-state index in [1.54, 1.807) is 6.07 Å². The van der Waals surface area contributed by atoms with Crippen LogP contribution in [0.15, 0.2) is 23.2 Å². The summed E-state index contributed by atoms with van der Waals surface area (Å²) in [7, 11) is 0. The van der Waals surface area contributed by atoms with Crippen molar-refractivity contribution < 1.29 is 0 Å². The third-order valence-electron chi connectivity index (χ3n) is 2.12. The highest BCUT2D eigenvalue weighted by Gasteiger charge is 2.11. The molecule has 1 aliphatic heterocycles. The molecule has 0 aromatic heterocycles. The fraction of sp³-hybridized carbons (Fsp3) is 0.300. The Labute approximate surface area is 87.4 Å². The smallest absolute Gasteiger partial charge is 0.0511 e. The average Bonchev–Trinajstić information content (AvgIpc) is 2.56. The normalized spacial score (nSPS) is 16.0. The monoisotopic (exact) mass is 213 g/mol. The zero-order valence-corrected chi connectivity index (χ0v) is 8.57. The van der Waals surface area contributed by atoms with Gasteiger partial charge in [-0.2, -0.15) is 0 Å². The van der Waals surface area contributed by atoms with Crippen molar-refractivity contribution in [3.8, 4) is 0 Å². The number of halogens is 2. The Kier molecular flexibility index (Phi) is 2.56. The van der Waals surface area contributed by atoms with E-state index < -0.39 is 0 Å². The Hall–Kier alpha value is -0.530. The highest BCUT2D eigenvalue weighted by molar-refractivity contribution is 6.37. The van der Waals surface area contributed by atoms with Crippen LogP contribution in [-0.4, -0.2) is 12.3 Å². The molecule has 0 unspecified atom stereocenters. The van der Waals surface area contributed by atoms with E-state index in [0.29, 0.717) is 10.0 Å². The van der Waals surface area contributed by atoms with Gasteiger partial charge < -0.3 is 0 Å². The minimum atomic E-state index is 0.673. The third kappa shape index (κ3) is 1.87. The van der Waals surface area contributed by atoms with E-state index in [2.05, 4.69) is 4.99 Å². The molecular formula is C10H9Cl2N. The molecule has 1 aliphatic rings. The molecular weight excluding hydrogens is 205 g/mol. The van der Waals surface area contributed by atoms with E-state index in [4.69, 9.17) is 23.2 Å². The van der Waals surface area contributed by atoms with Crippen LogP contribution in [0, 0.1) is 0 Å². The van der Waals surface area contributed by atoms with Crippen molar-refractivity contribution in [2.45, 2.75) is 12.8 Å². The van der Waals surface area contributed by atoms with Gasteiger partial charge in [0.05, 0.1) is 5.02 Å². The lowest BCUT2D eigenvalue weighted by Crippen LogP contribution is -1.96. The number of hydrogen-bond acceptors (Lipinski definition) is 1. The fourth-order valence-corrected chi connectivity index (χ4v) is 2.00. The van der Waals surface area contributed by atoms with Gasteiger partial charge in [-0.15, -0.1) is 0 Å². The van der Waals surface area contributed by atoms with Crippen LogP contribution in [0.1, 0.15) is 18.4 Å². The second-order valence-electron chi connectivity index (χ2n) is 3.06. The van der Waals surface area contributed by atoms with Gasteiger partial charge in [-0.05, 0) is 25.0 Å². The molecule has 1 aromatic rings. The summed E-state index contributed by atoms with van der Waals surface area (Å²) in [6.45, 7) is 0.925. The summed E-state index contributed by atoms with van der Waals surface area (Å²) in [6, 6.07) is 5.55. The Morgan fingerprint density at radius 1 is 1.23 bits per heavy atom. The molecule has 2 rings (SSSR count). The Morgan fingerprint density at radius 3 is 2.69 bits per heavy atom. The van der Waals surface area contributed by atoms with Crippen molar-refractivity contribution in [1.82, 2.24) is 0 Å². The molecule has 0 spiro atoms. The van der Waals surface area contributed by atoms with Crippen LogP contribution in [-0.2, 0) is 0 Å². The van der Waals surface area contributed by atoms with Crippen LogP contribution >= 0.6 is 23.2 Å². The molecule has 13 heavy (non-hydrogen) atoms. The van der Waals surface area contributed by atoms with Gasteiger partial charge in [-0.3, -0.25) is 4.99 Å². The molecule has 0 amide bonds. The van der Waals surface area contributed by atoms with Crippen LogP contribution in [0.4, 0.5) is 0 Å².